The van der Waals surface area contributed by atoms with Crippen LogP contribution in [0.5, 0.6) is 0 Å². The molecule has 0 radical (unpaired) electrons. The Labute approximate surface area is 124 Å². The number of nitrogens with one attached hydrogen (secondary N) is 2. The Balaban J connectivity index is 2.04. The number of hydrogen-bond acceptors (Lipinski definition) is 5. The standard InChI is InChI=1S/C15H20N4O2/c1-11-17-14(10-21-11)15(20)18-13-7-5-4-6-12(13)16-8-9-19(2)3/h4-7,10,16H,8-9H2,1-3H3,(H,18,20). The van der Waals surface area contributed by atoms with Crippen LogP contribution in [0.2, 0.25) is 0 Å². The fourth-order valence-electron chi connectivity index (χ4n) is 1.81. The minimum Gasteiger partial charge on any atom is -0.448 e. The van der Waals surface area contributed by atoms with E-state index < -0.39 is 0 Å². The number of para-hydroxylation sites is 2. The summed E-state index contributed by atoms with van der Waals surface area (Å²) in [5.74, 6) is 0.186. The molecule has 2 aromatic rings. The normalized spacial score (nSPS) is 10.7. The topological polar surface area (TPSA) is 70.4 Å². The highest BCUT2D eigenvalue weighted by atomic mass is 16.3. The van der Waals surface area contributed by atoms with E-state index in [1.807, 2.05) is 38.4 Å². The van der Waals surface area contributed by atoms with Gasteiger partial charge in [0, 0.05) is 20.0 Å². The van der Waals surface area contributed by atoms with Crippen molar-refractivity contribution in [1.82, 2.24) is 9.88 Å². The predicted molar refractivity (Wildman–Crippen MR) is 82.7 cm³/mol. The number of nitrogens with zero attached hydrogens (tertiary/aromatic N) is 2. The molecular formula is C15H20N4O2. The maximum absolute atomic E-state index is 12.1. The molecule has 21 heavy (non-hydrogen) atoms. The van der Waals surface area contributed by atoms with Crippen LogP contribution in [0.25, 0.3) is 0 Å². The zero-order valence-corrected chi connectivity index (χ0v) is 12.5. The van der Waals surface area contributed by atoms with Gasteiger partial charge >= 0.3 is 0 Å². The lowest BCUT2D eigenvalue weighted by Crippen LogP contribution is -2.21. The first-order chi connectivity index (χ1) is 10.1. The first kappa shape index (κ1) is 15.1. The Kier molecular flexibility index (Phi) is 4.94. The first-order valence-corrected chi connectivity index (χ1v) is 6.77. The molecule has 6 nitrogen and oxygen atoms in total. The number of likely N-dealkylation sites (N-methyl/N-ethyl adjacent to an activating group) is 1. The van der Waals surface area contributed by atoms with E-state index in [9.17, 15) is 4.79 Å². The highest BCUT2D eigenvalue weighted by molar-refractivity contribution is 6.04. The summed E-state index contributed by atoms with van der Waals surface area (Å²) in [4.78, 5) is 18.2. The van der Waals surface area contributed by atoms with Gasteiger partial charge in [-0.15, -0.1) is 0 Å². The van der Waals surface area contributed by atoms with E-state index >= 15 is 0 Å². The molecule has 0 aliphatic heterocycles. The largest absolute Gasteiger partial charge is 0.448 e. The monoisotopic (exact) mass is 288 g/mol. The molecule has 1 heterocycles. The Morgan fingerprint density at radius 2 is 2.00 bits per heavy atom. The van der Waals surface area contributed by atoms with Crippen LogP contribution in [0.3, 0.4) is 0 Å². The summed E-state index contributed by atoms with van der Waals surface area (Å²) in [5.41, 5.74) is 1.88. The number of carbonyl (C=O) groups is 1. The van der Waals surface area contributed by atoms with E-state index in [1.54, 1.807) is 6.92 Å². The van der Waals surface area contributed by atoms with Crippen molar-refractivity contribution < 1.29 is 9.21 Å². The van der Waals surface area contributed by atoms with Gasteiger partial charge in [-0.05, 0) is 26.2 Å². The van der Waals surface area contributed by atoms with Crippen molar-refractivity contribution in [2.75, 3.05) is 37.8 Å². The summed E-state index contributed by atoms with van der Waals surface area (Å²) in [6, 6.07) is 7.58. The average molecular weight is 288 g/mol. The van der Waals surface area contributed by atoms with Gasteiger partial charge in [0.1, 0.15) is 6.26 Å². The quantitative estimate of drug-likeness (QED) is 0.853. The minimum atomic E-state index is -0.284. The molecule has 112 valence electrons. The van der Waals surface area contributed by atoms with Crippen LogP contribution in [-0.2, 0) is 0 Å². The van der Waals surface area contributed by atoms with Gasteiger partial charge in [-0.2, -0.15) is 0 Å². The molecule has 0 spiro atoms. The summed E-state index contributed by atoms with van der Waals surface area (Å²) < 4.78 is 5.05. The molecule has 1 aromatic heterocycles. The average Bonchev–Trinajstić information content (AvgIpc) is 2.87. The number of benzene rings is 1. The number of oxazole rings is 1. The van der Waals surface area contributed by atoms with Crippen molar-refractivity contribution >= 4 is 17.3 Å². The number of aromatic nitrogens is 1. The van der Waals surface area contributed by atoms with Crippen LogP contribution < -0.4 is 10.6 Å². The summed E-state index contributed by atoms with van der Waals surface area (Å²) >= 11 is 0. The lowest BCUT2D eigenvalue weighted by atomic mass is 10.2. The van der Waals surface area contributed by atoms with Gasteiger partial charge in [-0.1, -0.05) is 12.1 Å². The fraction of sp³-hybridized carbons (Fsp3) is 0.333. The third kappa shape index (κ3) is 4.32. The zero-order valence-electron chi connectivity index (χ0n) is 12.5. The number of hydrogen-bond donors (Lipinski definition) is 2. The van der Waals surface area contributed by atoms with Crippen molar-refractivity contribution in [1.29, 1.82) is 0 Å². The Morgan fingerprint density at radius 3 is 2.62 bits per heavy atom. The highest BCUT2D eigenvalue weighted by Crippen LogP contribution is 2.21. The van der Waals surface area contributed by atoms with Crippen LogP contribution >= 0.6 is 0 Å². The van der Waals surface area contributed by atoms with E-state index in [4.69, 9.17) is 4.42 Å². The summed E-state index contributed by atoms with van der Waals surface area (Å²) in [7, 11) is 4.03. The lowest BCUT2D eigenvalue weighted by Gasteiger charge is -2.14. The van der Waals surface area contributed by atoms with E-state index in [0.717, 1.165) is 24.5 Å². The van der Waals surface area contributed by atoms with Crippen molar-refractivity contribution in [3.8, 4) is 0 Å². The van der Waals surface area contributed by atoms with Gasteiger partial charge in [-0.25, -0.2) is 4.98 Å². The number of anilines is 2. The Hall–Kier alpha value is -2.34. The molecule has 0 fully saturated rings. The number of amides is 1. The van der Waals surface area contributed by atoms with Crippen LogP contribution in [-0.4, -0.2) is 43.0 Å². The van der Waals surface area contributed by atoms with Gasteiger partial charge < -0.3 is 20.0 Å². The maximum atomic E-state index is 12.1. The van der Waals surface area contributed by atoms with Crippen LogP contribution in [0.1, 0.15) is 16.4 Å². The third-order valence-corrected chi connectivity index (χ3v) is 2.90. The molecule has 2 N–H and O–H groups in total. The van der Waals surface area contributed by atoms with Crippen LogP contribution in [0.4, 0.5) is 11.4 Å². The fourth-order valence-corrected chi connectivity index (χ4v) is 1.81. The zero-order chi connectivity index (χ0) is 15.2. The first-order valence-electron chi connectivity index (χ1n) is 6.77. The molecule has 0 bridgehead atoms. The number of rotatable bonds is 6. The summed E-state index contributed by atoms with van der Waals surface area (Å²) in [6.45, 7) is 3.40. The molecular weight excluding hydrogens is 268 g/mol. The second kappa shape index (κ2) is 6.90. The van der Waals surface area contributed by atoms with E-state index in [1.165, 1.54) is 6.26 Å². The minimum absolute atomic E-state index is 0.274. The molecule has 0 saturated carbocycles. The Bertz CT molecular complexity index is 607. The maximum Gasteiger partial charge on any atom is 0.277 e. The highest BCUT2D eigenvalue weighted by Gasteiger charge is 2.12. The van der Waals surface area contributed by atoms with Gasteiger partial charge in [0.15, 0.2) is 11.6 Å². The van der Waals surface area contributed by atoms with Crippen molar-refractivity contribution in [2.45, 2.75) is 6.92 Å². The molecule has 0 saturated heterocycles. The van der Waals surface area contributed by atoms with Gasteiger partial charge in [0.2, 0.25) is 0 Å². The third-order valence-electron chi connectivity index (χ3n) is 2.90. The summed E-state index contributed by atoms with van der Waals surface area (Å²) in [6.07, 6.45) is 1.35. The number of carbonyl (C=O) groups excluding carboxylic acids is 1. The SMILES string of the molecule is Cc1nc(C(=O)Nc2ccccc2NCCN(C)C)co1. The van der Waals surface area contributed by atoms with E-state index in [2.05, 4.69) is 20.5 Å². The van der Waals surface area contributed by atoms with Gasteiger partial charge in [0.25, 0.3) is 5.91 Å². The smallest absolute Gasteiger partial charge is 0.277 e. The molecule has 0 aliphatic rings. The predicted octanol–water partition coefficient (Wildman–Crippen LogP) is 2.21. The molecule has 1 amide bonds. The van der Waals surface area contributed by atoms with E-state index in [-0.39, 0.29) is 11.6 Å². The van der Waals surface area contributed by atoms with Gasteiger partial charge in [0.05, 0.1) is 11.4 Å². The lowest BCUT2D eigenvalue weighted by molar-refractivity contribution is 0.102. The molecule has 0 aliphatic carbocycles. The molecule has 0 atom stereocenters. The molecule has 0 unspecified atom stereocenters. The van der Waals surface area contributed by atoms with Crippen LogP contribution in [0, 0.1) is 6.92 Å². The molecule has 6 heteroatoms. The van der Waals surface area contributed by atoms with Gasteiger partial charge in [-0.3, -0.25) is 4.79 Å². The molecule has 2 rings (SSSR count). The van der Waals surface area contributed by atoms with E-state index in [0.29, 0.717) is 5.89 Å². The van der Waals surface area contributed by atoms with Crippen molar-refractivity contribution in [2.24, 2.45) is 0 Å². The van der Waals surface area contributed by atoms with Crippen molar-refractivity contribution in [3.05, 3.63) is 42.1 Å². The molecule has 1 aromatic carbocycles. The second-order valence-electron chi connectivity index (χ2n) is 4.98. The van der Waals surface area contributed by atoms with Crippen LogP contribution in [0.15, 0.2) is 34.9 Å². The Morgan fingerprint density at radius 1 is 1.29 bits per heavy atom. The second-order valence-corrected chi connectivity index (χ2v) is 4.98. The number of aryl methyl sites for hydroxylation is 1. The summed E-state index contributed by atoms with van der Waals surface area (Å²) in [5, 5.41) is 6.15. The van der Waals surface area contributed by atoms with Crippen molar-refractivity contribution in [3.63, 3.8) is 0 Å².